The molecule has 2 aliphatic heterocycles. The molecule has 1 amide bonds. The van der Waals surface area contributed by atoms with E-state index in [1.54, 1.807) is 6.92 Å². The number of rotatable bonds is 1. The predicted molar refractivity (Wildman–Crippen MR) is 102 cm³/mol. The Kier molecular flexibility index (Phi) is 3.34. The zero-order valence-electron chi connectivity index (χ0n) is 15.2. The number of amides is 1. The third kappa shape index (κ3) is 2.04. The average Bonchev–Trinajstić information content (AvgIpc) is 3.18. The molecule has 29 heavy (non-hydrogen) atoms. The highest BCUT2D eigenvalue weighted by molar-refractivity contribution is 6.12. The largest absolute Gasteiger partial charge is 0.422 e. The summed E-state index contributed by atoms with van der Waals surface area (Å²) in [4.78, 5) is 13.3. The number of fused-ring (bicyclic) bond motifs is 4. The fraction of sp³-hybridized carbons (Fsp3) is 0.0952. The van der Waals surface area contributed by atoms with Crippen LogP contribution in [0.25, 0.3) is 5.69 Å². The van der Waals surface area contributed by atoms with Crippen molar-refractivity contribution in [1.29, 1.82) is 5.26 Å². The van der Waals surface area contributed by atoms with Gasteiger partial charge in [0.25, 0.3) is 0 Å². The van der Waals surface area contributed by atoms with Gasteiger partial charge in [0.2, 0.25) is 17.7 Å². The number of hydrogen-bond acceptors (Lipinski definition) is 5. The SMILES string of the molecule is Cc1nn(-c2ccccc2)c2c1C1(C(=O)Nc3ccc(F)cc31)C(C#N)=C(N)O2. The van der Waals surface area contributed by atoms with Crippen molar-refractivity contribution >= 4 is 11.6 Å². The van der Waals surface area contributed by atoms with E-state index in [-0.39, 0.29) is 17.3 Å². The molecule has 3 aromatic rings. The second-order valence-electron chi connectivity index (χ2n) is 6.86. The van der Waals surface area contributed by atoms with E-state index in [2.05, 4.69) is 10.4 Å². The van der Waals surface area contributed by atoms with Crippen molar-refractivity contribution in [3.63, 3.8) is 0 Å². The van der Waals surface area contributed by atoms with Gasteiger partial charge in [-0.25, -0.2) is 9.07 Å². The van der Waals surface area contributed by atoms with Gasteiger partial charge in [0.05, 0.1) is 16.9 Å². The number of nitriles is 1. The van der Waals surface area contributed by atoms with Crippen LogP contribution in [0.2, 0.25) is 0 Å². The Balaban J connectivity index is 1.91. The fourth-order valence-corrected chi connectivity index (χ4v) is 4.15. The minimum atomic E-state index is -1.64. The molecule has 1 spiro atoms. The summed E-state index contributed by atoms with van der Waals surface area (Å²) in [6.07, 6.45) is 0. The number of aryl methyl sites for hydroxylation is 1. The number of aromatic nitrogens is 2. The van der Waals surface area contributed by atoms with Crippen LogP contribution in [0.5, 0.6) is 5.88 Å². The number of carbonyl (C=O) groups excluding carboxylic acids is 1. The zero-order valence-corrected chi connectivity index (χ0v) is 15.2. The highest BCUT2D eigenvalue weighted by Gasteiger charge is 2.58. The van der Waals surface area contributed by atoms with Gasteiger partial charge in [-0.3, -0.25) is 4.79 Å². The summed E-state index contributed by atoms with van der Waals surface area (Å²) in [7, 11) is 0. The van der Waals surface area contributed by atoms with Crippen LogP contribution in [0.3, 0.4) is 0 Å². The van der Waals surface area contributed by atoms with Gasteiger partial charge in [-0.15, -0.1) is 0 Å². The van der Waals surface area contributed by atoms with Crippen molar-refractivity contribution in [3.8, 4) is 17.6 Å². The third-order valence-corrected chi connectivity index (χ3v) is 5.31. The first-order chi connectivity index (χ1) is 14.0. The van der Waals surface area contributed by atoms with Crippen LogP contribution in [-0.2, 0) is 10.2 Å². The van der Waals surface area contributed by atoms with E-state index in [0.29, 0.717) is 28.2 Å². The van der Waals surface area contributed by atoms with Crippen LogP contribution in [0.15, 0.2) is 60.0 Å². The first kappa shape index (κ1) is 17.0. The average molecular weight is 387 g/mol. The number of anilines is 1. The number of carbonyl (C=O) groups is 1. The summed E-state index contributed by atoms with van der Waals surface area (Å²) in [5.41, 5.74) is 6.61. The smallest absolute Gasteiger partial charge is 0.245 e. The minimum Gasteiger partial charge on any atom is -0.422 e. The molecule has 142 valence electrons. The van der Waals surface area contributed by atoms with Crippen molar-refractivity contribution in [2.45, 2.75) is 12.3 Å². The maximum absolute atomic E-state index is 14.2. The quantitative estimate of drug-likeness (QED) is 0.668. The van der Waals surface area contributed by atoms with Crippen LogP contribution >= 0.6 is 0 Å². The lowest BCUT2D eigenvalue weighted by Gasteiger charge is -2.32. The molecule has 1 aromatic heterocycles. The molecule has 0 aliphatic carbocycles. The number of nitrogens with zero attached hydrogens (tertiary/aromatic N) is 3. The lowest BCUT2D eigenvalue weighted by atomic mass is 9.69. The van der Waals surface area contributed by atoms with Crippen LogP contribution in [0.1, 0.15) is 16.8 Å². The molecule has 0 bridgehead atoms. The molecule has 3 heterocycles. The van der Waals surface area contributed by atoms with Crippen LogP contribution in [0.4, 0.5) is 10.1 Å². The molecule has 0 fully saturated rings. The highest BCUT2D eigenvalue weighted by atomic mass is 19.1. The maximum Gasteiger partial charge on any atom is 0.245 e. The highest BCUT2D eigenvalue weighted by Crippen LogP contribution is 2.54. The molecule has 8 heteroatoms. The molecule has 7 nitrogen and oxygen atoms in total. The third-order valence-electron chi connectivity index (χ3n) is 5.31. The van der Waals surface area contributed by atoms with Gasteiger partial charge in [-0.1, -0.05) is 18.2 Å². The molecule has 0 saturated heterocycles. The normalized spacial score (nSPS) is 19.4. The Morgan fingerprint density at radius 3 is 2.76 bits per heavy atom. The summed E-state index contributed by atoms with van der Waals surface area (Å²) in [6, 6.07) is 15.1. The molecular formula is C21H14FN5O2. The van der Waals surface area contributed by atoms with Crippen LogP contribution < -0.4 is 15.8 Å². The van der Waals surface area contributed by atoms with Gasteiger partial charge in [0.1, 0.15) is 22.9 Å². The zero-order chi connectivity index (χ0) is 20.3. The summed E-state index contributed by atoms with van der Waals surface area (Å²) in [6.45, 7) is 1.71. The molecule has 3 N–H and O–H groups in total. The van der Waals surface area contributed by atoms with Crippen molar-refractivity contribution < 1.29 is 13.9 Å². The van der Waals surface area contributed by atoms with Gasteiger partial charge >= 0.3 is 0 Å². The van der Waals surface area contributed by atoms with Gasteiger partial charge in [0, 0.05) is 11.3 Å². The van der Waals surface area contributed by atoms with E-state index < -0.39 is 17.1 Å². The number of nitrogens with two attached hydrogens (primary N) is 1. The summed E-state index contributed by atoms with van der Waals surface area (Å²) in [5, 5.41) is 17.2. The van der Waals surface area contributed by atoms with Crippen LogP contribution in [0, 0.1) is 24.1 Å². The number of benzene rings is 2. The van der Waals surface area contributed by atoms with Gasteiger partial charge < -0.3 is 15.8 Å². The molecule has 2 aromatic carbocycles. The maximum atomic E-state index is 14.2. The molecule has 0 radical (unpaired) electrons. The minimum absolute atomic E-state index is 0.0949. The topological polar surface area (TPSA) is 106 Å². The Morgan fingerprint density at radius 2 is 2.03 bits per heavy atom. The van der Waals surface area contributed by atoms with E-state index in [4.69, 9.17) is 10.5 Å². The second-order valence-corrected chi connectivity index (χ2v) is 6.86. The van der Waals surface area contributed by atoms with Gasteiger partial charge in [-0.05, 0) is 37.3 Å². The number of para-hydroxylation sites is 1. The Hall–Kier alpha value is -4.12. The second kappa shape index (κ2) is 5.69. The fourth-order valence-electron chi connectivity index (χ4n) is 4.15. The van der Waals surface area contributed by atoms with Gasteiger partial charge in [-0.2, -0.15) is 10.4 Å². The van der Waals surface area contributed by atoms with Crippen molar-refractivity contribution in [1.82, 2.24) is 9.78 Å². The lowest BCUT2D eigenvalue weighted by molar-refractivity contribution is -0.118. The van der Waals surface area contributed by atoms with Crippen molar-refractivity contribution in [3.05, 3.63) is 82.6 Å². The summed E-state index contributed by atoms with van der Waals surface area (Å²) < 4.78 is 21.5. The summed E-state index contributed by atoms with van der Waals surface area (Å²) in [5.74, 6) is -1.03. The molecular weight excluding hydrogens is 373 g/mol. The van der Waals surface area contributed by atoms with Crippen LogP contribution in [-0.4, -0.2) is 15.7 Å². The number of halogens is 1. The van der Waals surface area contributed by atoms with E-state index in [1.807, 2.05) is 36.4 Å². The lowest BCUT2D eigenvalue weighted by Crippen LogP contribution is -2.42. The number of hydrogen-bond donors (Lipinski definition) is 2. The number of nitrogens with one attached hydrogen (secondary N) is 1. The van der Waals surface area contributed by atoms with Crippen molar-refractivity contribution in [2.75, 3.05) is 5.32 Å². The van der Waals surface area contributed by atoms with E-state index >= 15 is 0 Å². The predicted octanol–water partition coefficient (Wildman–Crippen LogP) is 2.64. The standard InChI is InChI=1S/C21H14FN5O2/c1-11-17-19(27(26-11)13-5-3-2-4-6-13)29-18(24)15(10-23)21(17)14-9-12(22)7-8-16(14)25-20(21)28/h2-9H,24H2,1H3,(H,25,28). The molecule has 1 unspecified atom stereocenters. The molecule has 5 rings (SSSR count). The molecule has 0 saturated carbocycles. The molecule has 1 atom stereocenters. The van der Waals surface area contributed by atoms with Crippen molar-refractivity contribution in [2.24, 2.45) is 5.73 Å². The van der Waals surface area contributed by atoms with E-state index in [1.165, 1.54) is 22.9 Å². The van der Waals surface area contributed by atoms with E-state index in [0.717, 1.165) is 0 Å². The first-order valence-corrected chi connectivity index (χ1v) is 8.83. The number of ether oxygens (including phenoxy) is 1. The first-order valence-electron chi connectivity index (χ1n) is 8.83. The Labute approximate surface area is 164 Å². The molecule has 2 aliphatic rings. The Morgan fingerprint density at radius 1 is 1.28 bits per heavy atom. The van der Waals surface area contributed by atoms with E-state index in [9.17, 15) is 14.4 Å². The summed E-state index contributed by atoms with van der Waals surface area (Å²) >= 11 is 0. The Bertz CT molecular complexity index is 1270. The monoisotopic (exact) mass is 387 g/mol. The van der Waals surface area contributed by atoms with Gasteiger partial charge in [0.15, 0.2) is 0 Å².